The highest BCUT2D eigenvalue weighted by atomic mass is 19.1. The lowest BCUT2D eigenvalue weighted by Gasteiger charge is -2.32. The Labute approximate surface area is 164 Å². The summed E-state index contributed by atoms with van der Waals surface area (Å²) < 4.78 is 15.3. The molecule has 6 nitrogen and oxygen atoms in total. The first kappa shape index (κ1) is 20.0. The number of nitrogens with one attached hydrogen (secondary N) is 1. The van der Waals surface area contributed by atoms with Gasteiger partial charge in [-0.25, -0.2) is 4.39 Å². The van der Waals surface area contributed by atoms with E-state index in [-0.39, 0.29) is 23.5 Å². The van der Waals surface area contributed by atoms with Gasteiger partial charge in [0, 0.05) is 43.9 Å². The normalized spacial score (nSPS) is 17.1. The summed E-state index contributed by atoms with van der Waals surface area (Å²) in [4.78, 5) is 26.6. The van der Waals surface area contributed by atoms with Gasteiger partial charge in [0.15, 0.2) is 0 Å². The van der Waals surface area contributed by atoms with Gasteiger partial charge in [0.1, 0.15) is 5.82 Å². The second-order valence-corrected chi connectivity index (χ2v) is 7.32. The fourth-order valence-corrected chi connectivity index (χ4v) is 3.75. The molecule has 1 aromatic heterocycles. The molecule has 1 aliphatic rings. The Morgan fingerprint density at radius 3 is 2.82 bits per heavy atom. The molecule has 1 fully saturated rings. The summed E-state index contributed by atoms with van der Waals surface area (Å²) in [5, 5.41) is 7.48. The van der Waals surface area contributed by atoms with Crippen molar-refractivity contribution in [2.45, 2.75) is 53.2 Å². The van der Waals surface area contributed by atoms with Crippen LogP contribution in [0.5, 0.6) is 0 Å². The number of rotatable bonds is 6. The number of hydrogen-bond donors (Lipinski definition) is 1. The summed E-state index contributed by atoms with van der Waals surface area (Å²) >= 11 is 0. The van der Waals surface area contributed by atoms with Crippen LogP contribution in [0.1, 0.15) is 42.3 Å². The molecule has 3 rings (SSSR count). The predicted octanol–water partition coefficient (Wildman–Crippen LogP) is 2.71. The fraction of sp³-hybridized carbons (Fsp3) is 0.476. The maximum absolute atomic E-state index is 13.4. The van der Waals surface area contributed by atoms with Crippen molar-refractivity contribution in [1.29, 1.82) is 0 Å². The molecule has 2 amide bonds. The van der Waals surface area contributed by atoms with E-state index in [2.05, 4.69) is 10.4 Å². The standard InChI is InChI=1S/C21H27FN4O2/c1-4-26-15(3)19(14(2)24-26)11-23-21(28)17-8-9-20(27)25(13-17)12-16-6-5-7-18(22)10-16/h5-7,10,17H,4,8-9,11-13H2,1-3H3,(H,23,28)/t17-/m1/s1. The van der Waals surface area contributed by atoms with Gasteiger partial charge in [-0.2, -0.15) is 5.10 Å². The van der Waals surface area contributed by atoms with Crippen molar-refractivity contribution in [3.05, 3.63) is 52.6 Å². The highest BCUT2D eigenvalue weighted by Crippen LogP contribution is 2.21. The minimum Gasteiger partial charge on any atom is -0.352 e. The van der Waals surface area contributed by atoms with Gasteiger partial charge in [-0.15, -0.1) is 0 Å². The highest BCUT2D eigenvalue weighted by Gasteiger charge is 2.30. The quantitative estimate of drug-likeness (QED) is 0.830. The lowest BCUT2D eigenvalue weighted by Crippen LogP contribution is -2.45. The molecule has 7 heteroatoms. The number of amides is 2. The van der Waals surface area contributed by atoms with Gasteiger partial charge in [-0.3, -0.25) is 14.3 Å². The van der Waals surface area contributed by atoms with Crippen LogP contribution in [-0.2, 0) is 29.2 Å². The van der Waals surface area contributed by atoms with Gasteiger partial charge < -0.3 is 10.2 Å². The lowest BCUT2D eigenvalue weighted by atomic mass is 9.96. The summed E-state index contributed by atoms with van der Waals surface area (Å²) in [5.74, 6) is -0.633. The molecule has 0 spiro atoms. The number of aryl methyl sites for hydroxylation is 2. The molecular formula is C21H27FN4O2. The van der Waals surface area contributed by atoms with Crippen LogP contribution in [0.25, 0.3) is 0 Å². The van der Waals surface area contributed by atoms with Gasteiger partial charge in [-0.05, 0) is 44.9 Å². The molecular weight excluding hydrogens is 359 g/mol. The van der Waals surface area contributed by atoms with E-state index in [0.29, 0.717) is 32.5 Å². The summed E-state index contributed by atoms with van der Waals surface area (Å²) in [6.45, 7) is 7.89. The van der Waals surface area contributed by atoms with Gasteiger partial charge in [-0.1, -0.05) is 12.1 Å². The molecule has 1 aliphatic heterocycles. The minimum atomic E-state index is -0.324. The van der Waals surface area contributed by atoms with Crippen LogP contribution in [-0.4, -0.2) is 33.0 Å². The molecule has 28 heavy (non-hydrogen) atoms. The zero-order chi connectivity index (χ0) is 20.3. The lowest BCUT2D eigenvalue weighted by molar-refractivity contribution is -0.139. The van der Waals surface area contributed by atoms with E-state index in [1.807, 2.05) is 25.5 Å². The summed E-state index contributed by atoms with van der Waals surface area (Å²) in [6.07, 6.45) is 0.871. The third-order valence-electron chi connectivity index (χ3n) is 5.40. The highest BCUT2D eigenvalue weighted by molar-refractivity contribution is 5.83. The summed E-state index contributed by atoms with van der Waals surface area (Å²) in [7, 11) is 0. The molecule has 1 aromatic carbocycles. The monoisotopic (exact) mass is 386 g/mol. The Bertz CT molecular complexity index is 877. The first-order valence-corrected chi connectivity index (χ1v) is 9.71. The van der Waals surface area contributed by atoms with E-state index in [0.717, 1.165) is 29.1 Å². The van der Waals surface area contributed by atoms with E-state index in [1.165, 1.54) is 12.1 Å². The molecule has 0 saturated carbocycles. The van der Waals surface area contributed by atoms with Crippen molar-refractivity contribution in [2.75, 3.05) is 6.54 Å². The molecule has 0 bridgehead atoms. The molecule has 1 N–H and O–H groups in total. The fourth-order valence-electron chi connectivity index (χ4n) is 3.75. The largest absolute Gasteiger partial charge is 0.352 e. The van der Waals surface area contributed by atoms with Crippen LogP contribution in [0.4, 0.5) is 4.39 Å². The van der Waals surface area contributed by atoms with Crippen molar-refractivity contribution >= 4 is 11.8 Å². The van der Waals surface area contributed by atoms with Gasteiger partial charge in [0.2, 0.25) is 11.8 Å². The number of hydrogen-bond acceptors (Lipinski definition) is 3. The predicted molar refractivity (Wildman–Crippen MR) is 104 cm³/mol. The molecule has 0 aliphatic carbocycles. The molecule has 1 saturated heterocycles. The number of halogens is 1. The van der Waals surface area contributed by atoms with Crippen LogP contribution in [0.15, 0.2) is 24.3 Å². The van der Waals surface area contributed by atoms with Crippen molar-refractivity contribution in [3.63, 3.8) is 0 Å². The third-order valence-corrected chi connectivity index (χ3v) is 5.40. The van der Waals surface area contributed by atoms with Crippen molar-refractivity contribution in [1.82, 2.24) is 20.0 Å². The Balaban J connectivity index is 1.61. The summed E-state index contributed by atoms with van der Waals surface area (Å²) in [5.41, 5.74) is 3.75. The van der Waals surface area contributed by atoms with Crippen molar-refractivity contribution in [2.24, 2.45) is 5.92 Å². The third kappa shape index (κ3) is 4.40. The van der Waals surface area contributed by atoms with E-state index < -0.39 is 0 Å². The van der Waals surface area contributed by atoms with E-state index in [4.69, 9.17) is 0 Å². The molecule has 0 unspecified atom stereocenters. The number of carbonyl (C=O) groups is 2. The number of aromatic nitrogens is 2. The second kappa shape index (κ2) is 8.54. The Hall–Kier alpha value is -2.70. The van der Waals surface area contributed by atoms with Crippen LogP contribution in [0.3, 0.4) is 0 Å². The van der Waals surface area contributed by atoms with E-state index in [9.17, 15) is 14.0 Å². The maximum Gasteiger partial charge on any atom is 0.225 e. The number of carbonyl (C=O) groups excluding carboxylic acids is 2. The second-order valence-electron chi connectivity index (χ2n) is 7.32. The minimum absolute atomic E-state index is 0.00391. The van der Waals surface area contributed by atoms with Crippen molar-refractivity contribution in [3.8, 4) is 0 Å². The van der Waals surface area contributed by atoms with Gasteiger partial charge in [0.05, 0.1) is 11.6 Å². The van der Waals surface area contributed by atoms with Crippen LogP contribution in [0.2, 0.25) is 0 Å². The number of nitrogens with zero attached hydrogens (tertiary/aromatic N) is 3. The van der Waals surface area contributed by atoms with Crippen LogP contribution in [0, 0.1) is 25.6 Å². The van der Waals surface area contributed by atoms with E-state index >= 15 is 0 Å². The van der Waals surface area contributed by atoms with Gasteiger partial charge >= 0.3 is 0 Å². The Morgan fingerprint density at radius 1 is 1.36 bits per heavy atom. The van der Waals surface area contributed by atoms with Gasteiger partial charge in [0.25, 0.3) is 0 Å². The Morgan fingerprint density at radius 2 is 2.14 bits per heavy atom. The van der Waals surface area contributed by atoms with Crippen LogP contribution < -0.4 is 5.32 Å². The zero-order valence-electron chi connectivity index (χ0n) is 16.7. The molecule has 0 radical (unpaired) electrons. The Kier molecular flexibility index (Phi) is 6.11. The van der Waals surface area contributed by atoms with Crippen LogP contribution >= 0.6 is 0 Å². The first-order valence-electron chi connectivity index (χ1n) is 9.71. The molecule has 2 aromatic rings. The molecule has 150 valence electrons. The van der Waals surface area contributed by atoms with E-state index in [1.54, 1.807) is 17.0 Å². The first-order chi connectivity index (χ1) is 13.4. The molecule has 2 heterocycles. The topological polar surface area (TPSA) is 67.2 Å². The summed E-state index contributed by atoms with van der Waals surface area (Å²) in [6, 6.07) is 6.22. The number of benzene rings is 1. The number of likely N-dealkylation sites (tertiary alicyclic amines) is 1. The van der Waals surface area contributed by atoms with Crippen molar-refractivity contribution < 1.29 is 14.0 Å². The average molecular weight is 386 g/mol. The SMILES string of the molecule is CCn1nc(C)c(CNC(=O)[C@@H]2CCC(=O)N(Cc3cccc(F)c3)C2)c1C. The smallest absolute Gasteiger partial charge is 0.225 e. The maximum atomic E-state index is 13.4. The number of piperidine rings is 1. The average Bonchev–Trinajstić information content (AvgIpc) is 2.94. The zero-order valence-corrected chi connectivity index (χ0v) is 16.7. The molecule has 1 atom stereocenters.